The number of benzene rings is 2. The van der Waals surface area contributed by atoms with Gasteiger partial charge < -0.3 is 14.8 Å². The second kappa shape index (κ2) is 9.40. The van der Waals surface area contributed by atoms with E-state index in [0.717, 1.165) is 51.7 Å². The number of ether oxygens (including phenoxy) is 2. The van der Waals surface area contributed by atoms with Crippen molar-refractivity contribution < 1.29 is 14.3 Å². The molecule has 2 aromatic carbocycles. The van der Waals surface area contributed by atoms with E-state index in [2.05, 4.69) is 32.2 Å². The Morgan fingerprint density at radius 1 is 1.18 bits per heavy atom. The predicted molar refractivity (Wildman–Crippen MR) is 128 cm³/mol. The molecule has 2 aliphatic rings. The molecule has 1 fully saturated rings. The molecule has 0 aliphatic carbocycles. The molecule has 2 aliphatic heterocycles. The largest absolute Gasteiger partial charge is 0.497 e. The molecule has 3 atom stereocenters. The lowest BCUT2D eigenvalue weighted by atomic mass is 10.0. The van der Waals surface area contributed by atoms with Crippen molar-refractivity contribution in [2.45, 2.75) is 44.9 Å². The molecule has 5 rings (SSSR count). The third-order valence-electron chi connectivity index (χ3n) is 6.40. The van der Waals surface area contributed by atoms with Crippen LogP contribution in [0.15, 0.2) is 48.7 Å². The number of hydrazine groups is 1. The number of nitrogens with zero attached hydrogens (tertiary/aromatic N) is 2. The standard InChI is InChI=1S/C26H29N5O3/c1-15-13-27-16(2)24(29-15)21-6-4-5-18-11-20(34-25(18)21)14-28-26(32)23-12-22(30-31-23)17-7-9-19(33-3)10-8-17/h4-10,13,20,22-23,30-31H,11-12,14H2,1-3H3,(H,28,32). The van der Waals surface area contributed by atoms with Gasteiger partial charge in [-0.15, -0.1) is 0 Å². The first-order valence-corrected chi connectivity index (χ1v) is 11.5. The summed E-state index contributed by atoms with van der Waals surface area (Å²) in [5, 5.41) is 3.06. The van der Waals surface area contributed by atoms with Crippen LogP contribution >= 0.6 is 0 Å². The van der Waals surface area contributed by atoms with E-state index in [1.54, 1.807) is 13.3 Å². The minimum atomic E-state index is -0.309. The molecule has 176 valence electrons. The van der Waals surface area contributed by atoms with Crippen LogP contribution in [-0.4, -0.2) is 41.7 Å². The predicted octanol–water partition coefficient (Wildman–Crippen LogP) is 2.80. The molecule has 0 spiro atoms. The molecule has 3 heterocycles. The van der Waals surface area contributed by atoms with E-state index in [-0.39, 0.29) is 24.1 Å². The van der Waals surface area contributed by atoms with Gasteiger partial charge in [-0.25, -0.2) is 15.8 Å². The fourth-order valence-electron chi connectivity index (χ4n) is 4.55. The minimum absolute atomic E-state index is 0.0383. The molecule has 8 heteroatoms. The average molecular weight is 460 g/mol. The van der Waals surface area contributed by atoms with Gasteiger partial charge in [-0.2, -0.15) is 0 Å². The summed E-state index contributed by atoms with van der Waals surface area (Å²) in [6.45, 7) is 4.33. The lowest BCUT2D eigenvalue weighted by Gasteiger charge is -2.16. The van der Waals surface area contributed by atoms with Gasteiger partial charge in [-0.05, 0) is 49.6 Å². The molecule has 1 aromatic heterocycles. The molecule has 3 N–H and O–H groups in total. The highest BCUT2D eigenvalue weighted by Gasteiger charge is 2.32. The molecule has 8 nitrogen and oxygen atoms in total. The first kappa shape index (κ1) is 22.3. The summed E-state index contributed by atoms with van der Waals surface area (Å²) < 4.78 is 11.5. The van der Waals surface area contributed by atoms with Crippen LogP contribution in [0.3, 0.4) is 0 Å². The monoisotopic (exact) mass is 459 g/mol. The summed E-state index contributed by atoms with van der Waals surface area (Å²) >= 11 is 0. The summed E-state index contributed by atoms with van der Waals surface area (Å²) in [6, 6.07) is 13.8. The van der Waals surface area contributed by atoms with Gasteiger partial charge in [0.2, 0.25) is 5.91 Å². The molecular formula is C26H29N5O3. The third kappa shape index (κ3) is 4.47. The van der Waals surface area contributed by atoms with Crippen molar-refractivity contribution in [2.75, 3.05) is 13.7 Å². The van der Waals surface area contributed by atoms with Gasteiger partial charge in [0.05, 0.1) is 30.7 Å². The normalized spacial score (nSPS) is 21.1. The van der Waals surface area contributed by atoms with Gasteiger partial charge in [0, 0.05) is 24.2 Å². The van der Waals surface area contributed by atoms with Crippen LogP contribution in [0.4, 0.5) is 0 Å². The maximum Gasteiger partial charge on any atom is 0.238 e. The van der Waals surface area contributed by atoms with Crippen LogP contribution in [0, 0.1) is 13.8 Å². The number of hydrogen-bond acceptors (Lipinski definition) is 7. The zero-order valence-electron chi connectivity index (χ0n) is 19.6. The van der Waals surface area contributed by atoms with E-state index in [4.69, 9.17) is 9.47 Å². The molecule has 0 bridgehead atoms. The van der Waals surface area contributed by atoms with E-state index in [9.17, 15) is 4.79 Å². The van der Waals surface area contributed by atoms with Gasteiger partial charge in [-0.1, -0.05) is 24.3 Å². The number of carbonyl (C=O) groups is 1. The van der Waals surface area contributed by atoms with Crippen LogP contribution in [0.5, 0.6) is 11.5 Å². The van der Waals surface area contributed by atoms with Gasteiger partial charge in [0.1, 0.15) is 23.6 Å². The topological polar surface area (TPSA) is 97.4 Å². The first-order chi connectivity index (χ1) is 16.5. The first-order valence-electron chi connectivity index (χ1n) is 11.5. The Bertz CT molecular complexity index is 1200. The maximum atomic E-state index is 12.8. The summed E-state index contributed by atoms with van der Waals surface area (Å²) in [5.74, 6) is 1.61. The molecule has 3 unspecified atom stereocenters. The average Bonchev–Trinajstić information content (AvgIpc) is 3.51. The number of aromatic nitrogens is 2. The number of carbonyl (C=O) groups excluding carboxylic acids is 1. The van der Waals surface area contributed by atoms with E-state index in [1.807, 2.05) is 50.2 Å². The molecule has 34 heavy (non-hydrogen) atoms. The molecule has 0 radical (unpaired) electrons. The van der Waals surface area contributed by atoms with Crippen molar-refractivity contribution in [1.82, 2.24) is 26.1 Å². The van der Waals surface area contributed by atoms with Gasteiger partial charge in [0.15, 0.2) is 0 Å². The van der Waals surface area contributed by atoms with Crippen molar-refractivity contribution in [3.05, 3.63) is 71.2 Å². The van der Waals surface area contributed by atoms with Crippen molar-refractivity contribution in [3.63, 3.8) is 0 Å². The van der Waals surface area contributed by atoms with Gasteiger partial charge in [0.25, 0.3) is 0 Å². The highest BCUT2D eigenvalue weighted by atomic mass is 16.5. The fraction of sp³-hybridized carbons (Fsp3) is 0.346. The van der Waals surface area contributed by atoms with Crippen molar-refractivity contribution >= 4 is 5.91 Å². The number of rotatable bonds is 6. The molecule has 3 aromatic rings. The van der Waals surface area contributed by atoms with Crippen LogP contribution in [-0.2, 0) is 11.2 Å². The lowest BCUT2D eigenvalue weighted by Crippen LogP contribution is -2.45. The molecule has 1 amide bonds. The van der Waals surface area contributed by atoms with Gasteiger partial charge >= 0.3 is 0 Å². The second-order valence-electron chi connectivity index (χ2n) is 8.83. The Labute approximate surface area is 199 Å². The van der Waals surface area contributed by atoms with Crippen molar-refractivity contribution in [2.24, 2.45) is 0 Å². The quantitative estimate of drug-likeness (QED) is 0.522. The smallest absolute Gasteiger partial charge is 0.238 e. The number of nitrogens with one attached hydrogen (secondary N) is 3. The van der Waals surface area contributed by atoms with Crippen LogP contribution in [0.25, 0.3) is 11.3 Å². The molecule has 0 saturated carbocycles. The molecule has 1 saturated heterocycles. The number of fused-ring (bicyclic) bond motifs is 1. The fourth-order valence-corrected chi connectivity index (χ4v) is 4.55. The zero-order chi connectivity index (χ0) is 23.7. The Balaban J connectivity index is 1.19. The van der Waals surface area contributed by atoms with E-state index in [1.165, 1.54) is 0 Å². The van der Waals surface area contributed by atoms with E-state index < -0.39 is 0 Å². The summed E-state index contributed by atoms with van der Waals surface area (Å²) in [6.07, 6.45) is 3.06. The zero-order valence-corrected chi connectivity index (χ0v) is 19.6. The number of aryl methyl sites for hydroxylation is 2. The minimum Gasteiger partial charge on any atom is -0.497 e. The maximum absolute atomic E-state index is 12.8. The summed E-state index contributed by atoms with van der Waals surface area (Å²) in [4.78, 5) is 21.9. The van der Waals surface area contributed by atoms with Crippen LogP contribution < -0.4 is 25.6 Å². The Morgan fingerprint density at radius 2 is 2.00 bits per heavy atom. The van der Waals surface area contributed by atoms with Crippen LogP contribution in [0.1, 0.15) is 35.0 Å². The summed E-state index contributed by atoms with van der Waals surface area (Å²) in [5.41, 5.74) is 12.1. The highest BCUT2D eigenvalue weighted by molar-refractivity contribution is 5.82. The Kier molecular flexibility index (Phi) is 6.17. The van der Waals surface area contributed by atoms with E-state index >= 15 is 0 Å². The van der Waals surface area contributed by atoms with Gasteiger partial charge in [-0.3, -0.25) is 9.78 Å². The molecular weight excluding hydrogens is 430 g/mol. The third-order valence-corrected chi connectivity index (χ3v) is 6.40. The number of hydrogen-bond donors (Lipinski definition) is 3. The van der Waals surface area contributed by atoms with Crippen molar-refractivity contribution in [1.29, 1.82) is 0 Å². The lowest BCUT2D eigenvalue weighted by molar-refractivity contribution is -0.123. The highest BCUT2D eigenvalue weighted by Crippen LogP contribution is 2.38. The summed E-state index contributed by atoms with van der Waals surface area (Å²) in [7, 11) is 1.65. The van der Waals surface area contributed by atoms with Crippen molar-refractivity contribution in [3.8, 4) is 22.8 Å². The van der Waals surface area contributed by atoms with Crippen LogP contribution in [0.2, 0.25) is 0 Å². The Morgan fingerprint density at radius 3 is 2.79 bits per heavy atom. The van der Waals surface area contributed by atoms with E-state index in [0.29, 0.717) is 13.0 Å². The second-order valence-corrected chi connectivity index (χ2v) is 8.83. The SMILES string of the molecule is COc1ccc(C2CC(C(=O)NCC3Cc4cccc(-c5nc(C)cnc5C)c4O3)NN2)cc1. The number of amides is 1. The Hall–Kier alpha value is -3.49. The number of methoxy groups -OCH3 is 1. The number of para-hydroxylation sites is 1.